The van der Waals surface area contributed by atoms with Gasteiger partial charge in [-0.25, -0.2) is 4.39 Å². The summed E-state index contributed by atoms with van der Waals surface area (Å²) in [6.45, 7) is 4.24. The van der Waals surface area contributed by atoms with Gasteiger partial charge in [0.2, 0.25) is 0 Å². The number of hydrogen-bond donors (Lipinski definition) is 1. The molecule has 0 saturated carbocycles. The fraction of sp³-hybridized carbons (Fsp3) is 0.385. The van der Waals surface area contributed by atoms with Crippen molar-refractivity contribution in [2.24, 2.45) is 13.0 Å². The van der Waals surface area contributed by atoms with Crippen LogP contribution in [0.4, 0.5) is 10.2 Å². The molecule has 5 heteroatoms. The maximum Gasteiger partial charge on any atom is 0.141 e. The highest BCUT2D eigenvalue weighted by atomic mass is 19.1. The first-order valence-electron chi connectivity index (χ1n) is 5.92. The molecular formula is C13H17FN4. The summed E-state index contributed by atoms with van der Waals surface area (Å²) in [7, 11) is 1.80. The lowest BCUT2D eigenvalue weighted by Crippen LogP contribution is -2.02. The third kappa shape index (κ3) is 2.34. The molecule has 2 aromatic heterocycles. The van der Waals surface area contributed by atoms with Gasteiger partial charge in [0, 0.05) is 12.6 Å². The van der Waals surface area contributed by atoms with Gasteiger partial charge in [-0.3, -0.25) is 9.67 Å². The number of pyridine rings is 1. The van der Waals surface area contributed by atoms with Gasteiger partial charge in [0.05, 0.1) is 11.9 Å². The monoisotopic (exact) mass is 248 g/mol. The Labute approximate surface area is 106 Å². The maximum atomic E-state index is 12.9. The number of aryl methyl sites for hydroxylation is 1. The van der Waals surface area contributed by atoms with Gasteiger partial charge in [-0.1, -0.05) is 13.8 Å². The highest BCUT2D eigenvalue weighted by Crippen LogP contribution is 2.27. The van der Waals surface area contributed by atoms with Crippen LogP contribution in [0.2, 0.25) is 0 Å². The summed E-state index contributed by atoms with van der Waals surface area (Å²) >= 11 is 0. The van der Waals surface area contributed by atoms with Crippen LogP contribution in [-0.4, -0.2) is 14.8 Å². The van der Waals surface area contributed by atoms with Gasteiger partial charge in [-0.15, -0.1) is 0 Å². The Morgan fingerprint density at radius 1 is 1.39 bits per heavy atom. The number of nitrogens with two attached hydrogens (primary N) is 1. The van der Waals surface area contributed by atoms with Gasteiger partial charge < -0.3 is 5.73 Å². The van der Waals surface area contributed by atoms with Crippen LogP contribution in [0.25, 0.3) is 11.4 Å². The first-order valence-corrected chi connectivity index (χ1v) is 5.92. The molecule has 18 heavy (non-hydrogen) atoms. The van der Waals surface area contributed by atoms with E-state index in [0.29, 0.717) is 17.4 Å². The van der Waals surface area contributed by atoms with Crippen molar-refractivity contribution in [1.82, 2.24) is 14.8 Å². The van der Waals surface area contributed by atoms with Crippen molar-refractivity contribution in [3.63, 3.8) is 0 Å². The molecule has 0 aromatic carbocycles. The van der Waals surface area contributed by atoms with Crippen LogP contribution in [-0.2, 0) is 13.5 Å². The molecule has 0 fully saturated rings. The number of nitrogens with zero attached hydrogens (tertiary/aromatic N) is 3. The Hall–Kier alpha value is -1.91. The van der Waals surface area contributed by atoms with E-state index >= 15 is 0 Å². The molecule has 0 aliphatic carbocycles. The van der Waals surface area contributed by atoms with E-state index < -0.39 is 0 Å². The number of rotatable bonds is 3. The van der Waals surface area contributed by atoms with Crippen molar-refractivity contribution in [3.05, 3.63) is 29.7 Å². The lowest BCUT2D eigenvalue weighted by molar-refractivity contribution is 0.621. The second-order valence-corrected chi connectivity index (χ2v) is 4.80. The van der Waals surface area contributed by atoms with Crippen molar-refractivity contribution < 1.29 is 4.39 Å². The predicted octanol–water partition coefficient (Wildman–Crippen LogP) is 2.40. The molecule has 0 spiro atoms. The van der Waals surface area contributed by atoms with E-state index in [-0.39, 0.29) is 5.82 Å². The van der Waals surface area contributed by atoms with Crippen molar-refractivity contribution in [2.45, 2.75) is 20.3 Å². The van der Waals surface area contributed by atoms with Gasteiger partial charge in [0.15, 0.2) is 0 Å². The SMILES string of the molecule is CC(C)Cc1c(-c2ccc(F)cn2)nn(C)c1N. The van der Waals surface area contributed by atoms with E-state index in [1.54, 1.807) is 17.8 Å². The van der Waals surface area contributed by atoms with Gasteiger partial charge in [-0.2, -0.15) is 5.10 Å². The van der Waals surface area contributed by atoms with E-state index in [2.05, 4.69) is 23.9 Å². The first kappa shape index (κ1) is 12.5. The molecule has 0 aliphatic rings. The molecule has 2 rings (SSSR count). The van der Waals surface area contributed by atoms with E-state index in [9.17, 15) is 4.39 Å². The van der Waals surface area contributed by atoms with Crippen LogP contribution >= 0.6 is 0 Å². The molecule has 96 valence electrons. The number of halogens is 1. The fourth-order valence-corrected chi connectivity index (χ4v) is 1.91. The summed E-state index contributed by atoms with van der Waals surface area (Å²) in [5, 5.41) is 4.37. The van der Waals surface area contributed by atoms with Gasteiger partial charge in [-0.05, 0) is 24.5 Å². The quantitative estimate of drug-likeness (QED) is 0.907. The van der Waals surface area contributed by atoms with Crippen LogP contribution in [0.5, 0.6) is 0 Å². The molecule has 0 radical (unpaired) electrons. The first-order chi connectivity index (χ1) is 8.49. The zero-order valence-corrected chi connectivity index (χ0v) is 10.8. The molecule has 0 bridgehead atoms. The van der Waals surface area contributed by atoms with E-state index in [1.165, 1.54) is 12.3 Å². The standard InChI is InChI=1S/C13H17FN4/c1-8(2)6-10-12(17-18(3)13(10)15)11-5-4-9(14)7-16-11/h4-5,7-8H,6,15H2,1-3H3. The normalized spacial score (nSPS) is 11.2. The van der Waals surface area contributed by atoms with Crippen LogP contribution in [0.1, 0.15) is 19.4 Å². The lowest BCUT2D eigenvalue weighted by Gasteiger charge is -2.06. The Kier molecular flexibility index (Phi) is 3.32. The Morgan fingerprint density at radius 3 is 2.67 bits per heavy atom. The summed E-state index contributed by atoms with van der Waals surface area (Å²) in [4.78, 5) is 4.06. The van der Waals surface area contributed by atoms with E-state index in [0.717, 1.165) is 17.7 Å². The molecule has 0 aliphatic heterocycles. The number of aromatic nitrogens is 3. The third-order valence-electron chi connectivity index (χ3n) is 2.78. The highest BCUT2D eigenvalue weighted by Gasteiger charge is 2.17. The molecule has 0 atom stereocenters. The summed E-state index contributed by atoms with van der Waals surface area (Å²) < 4.78 is 14.5. The summed E-state index contributed by atoms with van der Waals surface area (Å²) in [5.74, 6) is 0.758. The van der Waals surface area contributed by atoms with Gasteiger partial charge in [0.25, 0.3) is 0 Å². The molecule has 2 heterocycles. The van der Waals surface area contributed by atoms with Crippen LogP contribution < -0.4 is 5.73 Å². The molecule has 0 unspecified atom stereocenters. The van der Waals surface area contributed by atoms with Gasteiger partial charge in [0.1, 0.15) is 17.3 Å². The minimum atomic E-state index is -0.354. The van der Waals surface area contributed by atoms with E-state index in [1.807, 2.05) is 0 Å². The van der Waals surface area contributed by atoms with Crippen molar-refractivity contribution in [1.29, 1.82) is 0 Å². The smallest absolute Gasteiger partial charge is 0.141 e. The van der Waals surface area contributed by atoms with Crippen molar-refractivity contribution >= 4 is 5.82 Å². The number of hydrogen-bond acceptors (Lipinski definition) is 3. The summed E-state index contributed by atoms with van der Waals surface area (Å²) in [5.41, 5.74) is 8.39. The van der Waals surface area contributed by atoms with Crippen LogP contribution in [0, 0.1) is 11.7 Å². The second-order valence-electron chi connectivity index (χ2n) is 4.80. The highest BCUT2D eigenvalue weighted by molar-refractivity contribution is 5.65. The summed E-state index contributed by atoms with van der Waals surface area (Å²) in [6, 6.07) is 3.01. The minimum Gasteiger partial charge on any atom is -0.384 e. The molecule has 2 aromatic rings. The number of anilines is 1. The summed E-state index contributed by atoms with van der Waals surface area (Å²) in [6.07, 6.45) is 2.02. The minimum absolute atomic E-state index is 0.354. The third-order valence-corrected chi connectivity index (χ3v) is 2.78. The van der Waals surface area contributed by atoms with Crippen molar-refractivity contribution in [3.8, 4) is 11.4 Å². The molecule has 4 nitrogen and oxygen atoms in total. The maximum absolute atomic E-state index is 12.9. The topological polar surface area (TPSA) is 56.7 Å². The fourth-order valence-electron chi connectivity index (χ4n) is 1.91. The van der Waals surface area contributed by atoms with E-state index in [4.69, 9.17) is 5.73 Å². The Bertz CT molecular complexity index is 543. The van der Waals surface area contributed by atoms with Crippen molar-refractivity contribution in [2.75, 3.05) is 5.73 Å². The average Bonchev–Trinajstić information content (AvgIpc) is 2.58. The van der Waals surface area contributed by atoms with Gasteiger partial charge >= 0.3 is 0 Å². The Balaban J connectivity index is 2.49. The number of nitrogen functional groups attached to an aromatic ring is 1. The largest absolute Gasteiger partial charge is 0.384 e. The molecule has 0 saturated heterocycles. The zero-order chi connectivity index (χ0) is 13.3. The lowest BCUT2D eigenvalue weighted by atomic mass is 10.0. The van der Waals surface area contributed by atoms with Crippen LogP contribution in [0.3, 0.4) is 0 Å². The van der Waals surface area contributed by atoms with Crippen LogP contribution in [0.15, 0.2) is 18.3 Å². The molecular weight excluding hydrogens is 231 g/mol. The Morgan fingerprint density at radius 2 is 2.11 bits per heavy atom. The predicted molar refractivity (Wildman–Crippen MR) is 69.4 cm³/mol. The molecule has 2 N–H and O–H groups in total. The molecule has 0 amide bonds. The zero-order valence-electron chi connectivity index (χ0n) is 10.8. The second kappa shape index (κ2) is 4.76. The average molecular weight is 248 g/mol.